The van der Waals surface area contributed by atoms with Gasteiger partial charge in [0.15, 0.2) is 5.65 Å². The van der Waals surface area contributed by atoms with E-state index < -0.39 is 40.6 Å². The Balaban J connectivity index is 2.27. The zero-order valence-corrected chi connectivity index (χ0v) is 22.4. The smallest absolute Gasteiger partial charge is 0.408 e. The van der Waals surface area contributed by atoms with E-state index in [9.17, 15) is 24.5 Å². The molecule has 2 amide bonds. The number of amides is 2. The van der Waals surface area contributed by atoms with Gasteiger partial charge in [-0.25, -0.2) is 19.6 Å². The van der Waals surface area contributed by atoms with E-state index in [0.29, 0.717) is 23.4 Å². The van der Waals surface area contributed by atoms with E-state index in [1.54, 1.807) is 39.3 Å². The molecule has 0 spiro atoms. The molecular weight excluding hydrogens is 484 g/mol. The summed E-state index contributed by atoms with van der Waals surface area (Å²) in [5.41, 5.74) is -0.183. The Morgan fingerprint density at radius 1 is 1.19 bits per heavy atom. The highest BCUT2D eigenvalue weighted by atomic mass is 16.6. The first-order valence-corrected chi connectivity index (χ1v) is 12.1. The summed E-state index contributed by atoms with van der Waals surface area (Å²) >= 11 is 0. The summed E-state index contributed by atoms with van der Waals surface area (Å²) in [5.74, 6) is -0.514. The van der Waals surface area contributed by atoms with Gasteiger partial charge in [-0.3, -0.25) is 14.9 Å². The number of ether oxygens (including phenoxy) is 2. The van der Waals surface area contributed by atoms with Crippen molar-refractivity contribution in [1.29, 1.82) is 0 Å². The molecule has 2 N–H and O–H groups in total. The molecule has 0 aliphatic carbocycles. The zero-order valence-electron chi connectivity index (χ0n) is 22.4. The first-order valence-electron chi connectivity index (χ1n) is 12.1. The number of carbonyl (C=O) groups excluding carboxylic acids is 3. The summed E-state index contributed by atoms with van der Waals surface area (Å²) in [5, 5.41) is 16.4. The number of alkyl carbamates (subject to hydrolysis) is 1. The van der Waals surface area contributed by atoms with Gasteiger partial charge in [-0.1, -0.05) is 13.8 Å². The summed E-state index contributed by atoms with van der Waals surface area (Å²) < 4.78 is 12.1. The fourth-order valence-corrected chi connectivity index (χ4v) is 3.63. The number of nitro groups is 1. The van der Waals surface area contributed by atoms with Crippen molar-refractivity contribution < 1.29 is 28.8 Å². The van der Waals surface area contributed by atoms with Crippen LogP contribution in [0.25, 0.3) is 11.2 Å². The first-order chi connectivity index (χ1) is 17.2. The molecule has 0 aliphatic rings. The van der Waals surface area contributed by atoms with Gasteiger partial charge in [0, 0.05) is 19.5 Å². The maximum Gasteiger partial charge on any atom is 0.408 e. The third-order valence-electron chi connectivity index (χ3n) is 5.26. The molecule has 2 heterocycles. The topological polar surface area (TPSA) is 168 Å². The molecule has 0 radical (unpaired) electrons. The van der Waals surface area contributed by atoms with Crippen molar-refractivity contribution in [3.8, 4) is 0 Å². The van der Waals surface area contributed by atoms with Crippen LogP contribution in [0.3, 0.4) is 0 Å². The molecule has 0 unspecified atom stereocenters. The number of imidazole rings is 1. The summed E-state index contributed by atoms with van der Waals surface area (Å²) in [6.07, 6.45) is 1.06. The highest BCUT2D eigenvalue weighted by molar-refractivity contribution is 5.89. The number of carbonyl (C=O) groups is 3. The number of pyridine rings is 1. The third-order valence-corrected chi connectivity index (χ3v) is 5.26. The summed E-state index contributed by atoms with van der Waals surface area (Å²) in [4.78, 5) is 57.2. The van der Waals surface area contributed by atoms with Crippen molar-refractivity contribution in [3.63, 3.8) is 0 Å². The Kier molecular flexibility index (Phi) is 9.92. The van der Waals surface area contributed by atoms with E-state index >= 15 is 0 Å². The number of esters is 1. The molecule has 2 aromatic heterocycles. The number of aromatic nitrogens is 3. The number of nitrogens with one attached hydrogen (secondary N) is 2. The monoisotopic (exact) mass is 520 g/mol. The Morgan fingerprint density at radius 2 is 1.86 bits per heavy atom. The van der Waals surface area contributed by atoms with Crippen LogP contribution in [0.1, 0.15) is 60.2 Å². The molecule has 0 aliphatic heterocycles. The van der Waals surface area contributed by atoms with E-state index in [0.717, 1.165) is 6.20 Å². The molecule has 204 valence electrons. The van der Waals surface area contributed by atoms with Gasteiger partial charge in [0.05, 0.1) is 11.5 Å². The average Bonchev–Trinajstić information content (AvgIpc) is 3.09. The van der Waals surface area contributed by atoms with Crippen LogP contribution >= 0.6 is 0 Å². The summed E-state index contributed by atoms with van der Waals surface area (Å²) in [7, 11) is 1.71. The largest absolute Gasteiger partial charge is 0.464 e. The third kappa shape index (κ3) is 8.69. The fourth-order valence-electron chi connectivity index (χ4n) is 3.63. The van der Waals surface area contributed by atoms with Crippen LogP contribution in [-0.2, 0) is 32.5 Å². The lowest BCUT2D eigenvalue weighted by Gasteiger charge is -2.25. The van der Waals surface area contributed by atoms with Gasteiger partial charge in [-0.2, -0.15) is 0 Å². The van der Waals surface area contributed by atoms with E-state index in [4.69, 9.17) is 9.47 Å². The van der Waals surface area contributed by atoms with Crippen LogP contribution in [0.4, 0.5) is 10.5 Å². The van der Waals surface area contributed by atoms with Crippen LogP contribution < -0.4 is 10.6 Å². The molecule has 2 atom stereocenters. The number of rotatable bonds is 11. The normalized spacial score (nSPS) is 13.2. The second-order valence-electron chi connectivity index (χ2n) is 10.1. The Hall–Kier alpha value is -3.77. The average molecular weight is 521 g/mol. The lowest BCUT2D eigenvalue weighted by atomic mass is 10.0. The summed E-state index contributed by atoms with van der Waals surface area (Å²) in [6, 6.07) is -0.609. The molecule has 0 saturated carbocycles. The first kappa shape index (κ1) is 29.5. The van der Waals surface area contributed by atoms with Gasteiger partial charge >= 0.3 is 12.1 Å². The van der Waals surface area contributed by atoms with Gasteiger partial charge in [0.1, 0.15) is 35.2 Å². The number of fused-ring (bicyclic) bond motifs is 1. The van der Waals surface area contributed by atoms with E-state index in [1.807, 2.05) is 13.8 Å². The Labute approximate surface area is 215 Å². The van der Waals surface area contributed by atoms with E-state index in [2.05, 4.69) is 20.6 Å². The highest BCUT2D eigenvalue weighted by Gasteiger charge is 2.30. The Morgan fingerprint density at radius 3 is 2.43 bits per heavy atom. The van der Waals surface area contributed by atoms with E-state index in [1.165, 1.54) is 6.07 Å². The van der Waals surface area contributed by atoms with E-state index in [-0.39, 0.29) is 31.1 Å². The minimum absolute atomic E-state index is 0.100. The fraction of sp³-hybridized carbons (Fsp3) is 0.625. The van der Waals surface area contributed by atoms with Crippen molar-refractivity contribution in [2.24, 2.45) is 13.0 Å². The Bertz CT molecular complexity index is 1140. The number of aryl methyl sites for hydroxylation is 2. The minimum atomic E-state index is -1.05. The molecule has 0 fully saturated rings. The van der Waals surface area contributed by atoms with Gasteiger partial charge in [-0.15, -0.1) is 0 Å². The molecule has 2 aromatic rings. The maximum atomic E-state index is 13.2. The minimum Gasteiger partial charge on any atom is -0.464 e. The van der Waals surface area contributed by atoms with Gasteiger partial charge in [0.2, 0.25) is 5.91 Å². The molecule has 0 saturated heterocycles. The molecular formula is C24H36N6O7. The second-order valence-corrected chi connectivity index (χ2v) is 10.1. The predicted molar refractivity (Wildman–Crippen MR) is 135 cm³/mol. The molecule has 0 aromatic carbocycles. The lowest BCUT2D eigenvalue weighted by Crippen LogP contribution is -2.53. The van der Waals surface area contributed by atoms with Gasteiger partial charge in [-0.05, 0) is 46.5 Å². The number of hydrogen-bond donors (Lipinski definition) is 2. The highest BCUT2D eigenvalue weighted by Crippen LogP contribution is 2.20. The summed E-state index contributed by atoms with van der Waals surface area (Å²) in [6.45, 7) is 10.8. The molecule has 37 heavy (non-hydrogen) atoms. The van der Waals surface area contributed by atoms with Crippen LogP contribution in [0.5, 0.6) is 0 Å². The quantitative estimate of drug-likeness (QED) is 0.257. The van der Waals surface area contributed by atoms with Crippen molar-refractivity contribution in [1.82, 2.24) is 25.2 Å². The maximum absolute atomic E-state index is 13.2. The van der Waals surface area contributed by atoms with Crippen molar-refractivity contribution in [2.45, 2.75) is 78.5 Å². The van der Waals surface area contributed by atoms with Gasteiger partial charge < -0.3 is 24.7 Å². The molecule has 13 heteroatoms. The van der Waals surface area contributed by atoms with Crippen LogP contribution in [0.15, 0.2) is 12.3 Å². The molecule has 0 bridgehead atoms. The SMILES string of the molecule is CCOC(=O)[C@H](CC(C)C)NC(=O)[C@H](CCc1nc2cc([N+](=O)[O-])cnc2n1C)NC(=O)OC(C)(C)C. The van der Waals surface area contributed by atoms with Crippen molar-refractivity contribution in [3.05, 3.63) is 28.2 Å². The zero-order chi connectivity index (χ0) is 27.9. The number of nitrogens with zero attached hydrogens (tertiary/aromatic N) is 4. The van der Waals surface area contributed by atoms with Crippen LogP contribution in [-0.4, -0.2) is 61.7 Å². The van der Waals surface area contributed by atoms with Crippen LogP contribution in [0.2, 0.25) is 0 Å². The van der Waals surface area contributed by atoms with Gasteiger partial charge in [0.25, 0.3) is 5.69 Å². The van der Waals surface area contributed by atoms with Crippen molar-refractivity contribution >= 4 is 34.8 Å². The predicted octanol–water partition coefficient (Wildman–Crippen LogP) is 2.80. The molecule has 2 rings (SSSR count). The van der Waals surface area contributed by atoms with Crippen molar-refractivity contribution in [2.75, 3.05) is 6.61 Å². The number of hydrogen-bond acceptors (Lipinski definition) is 9. The van der Waals surface area contributed by atoms with Crippen LogP contribution in [0, 0.1) is 16.0 Å². The molecule has 13 nitrogen and oxygen atoms in total. The lowest BCUT2D eigenvalue weighted by molar-refractivity contribution is -0.385. The standard InChI is InChI=1S/C24H36N6O7/c1-8-36-22(32)18(11-14(2)3)27-21(31)16(28-23(33)37-24(4,5)6)9-10-19-26-17-12-15(30(34)35)13-25-20(17)29(19)7/h12-14,16,18H,8-11H2,1-7H3,(H,27,31)(H,28,33)/t16-,18-/m0/s1. The second kappa shape index (κ2) is 12.5.